The minimum absolute atomic E-state index is 0.0373. The molecular formula is C8H13NO3. The molecule has 1 amide bonds. The SMILES string of the molecule is O=C1CCOC(=O)CCCCN1. The van der Waals surface area contributed by atoms with E-state index in [1.54, 1.807) is 0 Å². The fourth-order valence-electron chi connectivity index (χ4n) is 1.04. The van der Waals surface area contributed by atoms with Crippen LogP contribution in [0.3, 0.4) is 0 Å². The lowest BCUT2D eigenvalue weighted by Crippen LogP contribution is -2.27. The predicted octanol–water partition coefficient (Wildman–Crippen LogP) is 0.220. The molecular weight excluding hydrogens is 158 g/mol. The van der Waals surface area contributed by atoms with Crippen LogP contribution in [0.2, 0.25) is 0 Å². The first-order valence-corrected chi connectivity index (χ1v) is 4.21. The highest BCUT2D eigenvalue weighted by Crippen LogP contribution is 1.99. The highest BCUT2D eigenvalue weighted by atomic mass is 16.5. The molecule has 4 heteroatoms. The van der Waals surface area contributed by atoms with E-state index in [0.717, 1.165) is 12.8 Å². The Bertz CT molecular complexity index is 161. The van der Waals surface area contributed by atoms with E-state index in [9.17, 15) is 9.59 Å². The molecule has 0 aromatic rings. The van der Waals surface area contributed by atoms with Gasteiger partial charge in [0.1, 0.15) is 6.61 Å². The number of ether oxygens (including phenoxy) is 1. The van der Waals surface area contributed by atoms with Gasteiger partial charge in [-0.25, -0.2) is 0 Å². The lowest BCUT2D eigenvalue weighted by atomic mass is 10.2. The van der Waals surface area contributed by atoms with Crippen molar-refractivity contribution in [1.82, 2.24) is 5.32 Å². The van der Waals surface area contributed by atoms with Crippen LogP contribution in [0.1, 0.15) is 25.7 Å². The van der Waals surface area contributed by atoms with Crippen LogP contribution < -0.4 is 5.32 Å². The summed E-state index contributed by atoms with van der Waals surface area (Å²) in [5.41, 5.74) is 0. The van der Waals surface area contributed by atoms with Gasteiger partial charge in [0.15, 0.2) is 0 Å². The van der Waals surface area contributed by atoms with Crippen molar-refractivity contribution >= 4 is 11.9 Å². The van der Waals surface area contributed by atoms with Gasteiger partial charge in [-0.2, -0.15) is 0 Å². The number of hydrogen-bond acceptors (Lipinski definition) is 3. The van der Waals surface area contributed by atoms with Crippen LogP contribution in [0.4, 0.5) is 0 Å². The number of amides is 1. The number of esters is 1. The molecule has 1 aliphatic heterocycles. The lowest BCUT2D eigenvalue weighted by molar-refractivity contribution is -0.144. The van der Waals surface area contributed by atoms with Gasteiger partial charge in [-0.05, 0) is 12.8 Å². The average molecular weight is 171 g/mol. The highest BCUT2D eigenvalue weighted by molar-refractivity contribution is 5.76. The lowest BCUT2D eigenvalue weighted by Gasteiger charge is -2.09. The summed E-state index contributed by atoms with van der Waals surface area (Å²) in [5.74, 6) is -0.227. The molecule has 0 saturated carbocycles. The number of cyclic esters (lactones) is 1. The summed E-state index contributed by atoms with van der Waals surface area (Å²) in [6.45, 7) is 0.886. The Hall–Kier alpha value is -1.06. The smallest absolute Gasteiger partial charge is 0.305 e. The molecule has 12 heavy (non-hydrogen) atoms. The summed E-state index contributed by atoms with van der Waals surface area (Å²) < 4.78 is 4.79. The van der Waals surface area contributed by atoms with Crippen LogP contribution in [-0.2, 0) is 14.3 Å². The van der Waals surface area contributed by atoms with Gasteiger partial charge in [0.05, 0.1) is 6.42 Å². The van der Waals surface area contributed by atoms with E-state index in [4.69, 9.17) is 4.74 Å². The number of hydrogen-bond donors (Lipinski definition) is 1. The zero-order valence-electron chi connectivity index (χ0n) is 6.97. The summed E-state index contributed by atoms with van der Waals surface area (Å²) in [4.78, 5) is 21.8. The molecule has 4 nitrogen and oxygen atoms in total. The number of rotatable bonds is 0. The highest BCUT2D eigenvalue weighted by Gasteiger charge is 2.07. The number of carbonyl (C=O) groups excluding carboxylic acids is 2. The van der Waals surface area contributed by atoms with Gasteiger partial charge in [0.2, 0.25) is 5.91 Å². The maximum atomic E-state index is 10.9. The Morgan fingerprint density at radius 1 is 1.17 bits per heavy atom. The van der Waals surface area contributed by atoms with Crippen molar-refractivity contribution in [2.24, 2.45) is 0 Å². The van der Waals surface area contributed by atoms with E-state index in [-0.39, 0.29) is 24.9 Å². The van der Waals surface area contributed by atoms with Gasteiger partial charge in [-0.15, -0.1) is 0 Å². The molecule has 0 aromatic heterocycles. The van der Waals surface area contributed by atoms with Gasteiger partial charge in [0, 0.05) is 13.0 Å². The molecule has 0 aliphatic carbocycles. The Labute approximate surface area is 71.3 Å². The summed E-state index contributed by atoms with van der Waals surface area (Å²) in [6, 6.07) is 0. The molecule has 0 bridgehead atoms. The molecule has 68 valence electrons. The fraction of sp³-hybridized carbons (Fsp3) is 0.750. The van der Waals surface area contributed by atoms with Crippen molar-refractivity contribution in [2.45, 2.75) is 25.7 Å². The van der Waals surface area contributed by atoms with Crippen LogP contribution >= 0.6 is 0 Å². The molecule has 1 rings (SSSR count). The third kappa shape index (κ3) is 3.37. The van der Waals surface area contributed by atoms with Gasteiger partial charge < -0.3 is 10.1 Å². The zero-order chi connectivity index (χ0) is 8.81. The second-order valence-corrected chi connectivity index (χ2v) is 2.78. The van der Waals surface area contributed by atoms with Crippen molar-refractivity contribution in [3.05, 3.63) is 0 Å². The summed E-state index contributed by atoms with van der Waals surface area (Å²) >= 11 is 0. The van der Waals surface area contributed by atoms with Crippen molar-refractivity contribution in [3.63, 3.8) is 0 Å². The molecule has 0 atom stereocenters. The van der Waals surface area contributed by atoms with Crippen LogP contribution in [0.25, 0.3) is 0 Å². The monoisotopic (exact) mass is 171 g/mol. The molecule has 1 fully saturated rings. The fourth-order valence-corrected chi connectivity index (χ4v) is 1.04. The van der Waals surface area contributed by atoms with Crippen LogP contribution in [0, 0.1) is 0 Å². The minimum Gasteiger partial charge on any atom is -0.465 e. The molecule has 1 N–H and O–H groups in total. The Balaban J connectivity index is 2.31. The van der Waals surface area contributed by atoms with E-state index >= 15 is 0 Å². The van der Waals surface area contributed by atoms with Crippen molar-refractivity contribution in [2.75, 3.05) is 13.2 Å². The summed E-state index contributed by atoms with van der Waals surface area (Å²) in [6.07, 6.45) is 2.39. The zero-order valence-corrected chi connectivity index (χ0v) is 6.97. The molecule has 0 unspecified atom stereocenters. The Morgan fingerprint density at radius 2 is 2.00 bits per heavy atom. The van der Waals surface area contributed by atoms with E-state index in [1.165, 1.54) is 0 Å². The van der Waals surface area contributed by atoms with Crippen molar-refractivity contribution < 1.29 is 14.3 Å². The summed E-state index contributed by atoms with van der Waals surface area (Å²) in [7, 11) is 0. The maximum Gasteiger partial charge on any atom is 0.305 e. The van der Waals surface area contributed by atoms with Crippen LogP contribution in [0.15, 0.2) is 0 Å². The molecule has 0 radical (unpaired) electrons. The first kappa shape index (κ1) is 9.03. The van der Waals surface area contributed by atoms with E-state index < -0.39 is 0 Å². The molecule has 1 aliphatic rings. The first-order valence-electron chi connectivity index (χ1n) is 4.21. The quantitative estimate of drug-likeness (QED) is 0.530. The van der Waals surface area contributed by atoms with E-state index in [0.29, 0.717) is 13.0 Å². The molecule has 1 saturated heterocycles. The standard InChI is InChI=1S/C8H13NO3/c10-7-4-6-12-8(11)3-1-2-5-9-7/h1-6H2,(H,9,10). The topological polar surface area (TPSA) is 55.4 Å². The van der Waals surface area contributed by atoms with Crippen molar-refractivity contribution in [1.29, 1.82) is 0 Å². The second-order valence-electron chi connectivity index (χ2n) is 2.78. The van der Waals surface area contributed by atoms with Gasteiger partial charge in [-0.1, -0.05) is 0 Å². The number of carbonyl (C=O) groups is 2. The van der Waals surface area contributed by atoms with E-state index in [2.05, 4.69) is 5.32 Å². The Kier molecular flexibility index (Phi) is 3.57. The van der Waals surface area contributed by atoms with Gasteiger partial charge in [0.25, 0.3) is 0 Å². The van der Waals surface area contributed by atoms with Crippen LogP contribution in [-0.4, -0.2) is 25.0 Å². The van der Waals surface area contributed by atoms with Gasteiger partial charge in [-0.3, -0.25) is 9.59 Å². The van der Waals surface area contributed by atoms with Crippen molar-refractivity contribution in [3.8, 4) is 0 Å². The molecule has 0 aromatic carbocycles. The molecule has 1 heterocycles. The Morgan fingerprint density at radius 3 is 2.83 bits per heavy atom. The number of nitrogens with one attached hydrogen (secondary N) is 1. The largest absolute Gasteiger partial charge is 0.465 e. The molecule has 0 spiro atoms. The third-order valence-electron chi connectivity index (χ3n) is 1.72. The van der Waals surface area contributed by atoms with E-state index in [1.807, 2.05) is 0 Å². The first-order chi connectivity index (χ1) is 5.79. The third-order valence-corrected chi connectivity index (χ3v) is 1.72. The van der Waals surface area contributed by atoms with Gasteiger partial charge >= 0.3 is 5.97 Å². The maximum absolute atomic E-state index is 10.9. The van der Waals surface area contributed by atoms with Crippen LogP contribution in [0.5, 0.6) is 0 Å². The average Bonchev–Trinajstić information content (AvgIpc) is 2.04. The minimum atomic E-state index is -0.190. The second kappa shape index (κ2) is 4.74. The normalized spacial score (nSPS) is 21.0. The predicted molar refractivity (Wildman–Crippen MR) is 42.4 cm³/mol. The summed E-state index contributed by atoms with van der Waals surface area (Å²) in [5, 5.41) is 2.74.